The molecule has 1 atom stereocenters. The minimum atomic E-state index is -3.99. The van der Waals surface area contributed by atoms with E-state index in [0.29, 0.717) is 17.7 Å². The molecule has 0 saturated carbocycles. The predicted octanol–water partition coefficient (Wildman–Crippen LogP) is 3.33. The molecule has 1 aliphatic heterocycles. The molecular weight excluding hydrogens is 472 g/mol. The van der Waals surface area contributed by atoms with E-state index in [4.69, 9.17) is 22.1 Å². The number of nitrogens with zero attached hydrogens (tertiary/aromatic N) is 1. The van der Waals surface area contributed by atoms with Gasteiger partial charge in [0.25, 0.3) is 15.9 Å². The normalized spacial score (nSPS) is 16.4. The fourth-order valence-electron chi connectivity index (χ4n) is 2.70. The smallest absolute Gasteiger partial charge is 0.344 e. The third kappa shape index (κ3) is 5.54. The summed E-state index contributed by atoms with van der Waals surface area (Å²) >= 11 is 6.15. The summed E-state index contributed by atoms with van der Waals surface area (Å²) in [7, 11) is -3.99. The van der Waals surface area contributed by atoms with Gasteiger partial charge in [-0.05, 0) is 49.2 Å². The van der Waals surface area contributed by atoms with Gasteiger partial charge in [0.15, 0.2) is 10.4 Å². The topological polar surface area (TPSA) is 113 Å². The molecule has 2 N–H and O–H groups in total. The average Bonchev–Trinajstić information content (AvgIpc) is 3.00. The number of carboxylic acid groups (broad SMARTS) is 1. The summed E-state index contributed by atoms with van der Waals surface area (Å²) in [4.78, 5) is 26.3. The van der Waals surface area contributed by atoms with Crippen LogP contribution in [0.1, 0.15) is 24.5 Å². The van der Waals surface area contributed by atoms with Crippen molar-refractivity contribution < 1.29 is 27.9 Å². The largest absolute Gasteiger partial charge is 0.479 e. The zero-order valence-electron chi connectivity index (χ0n) is 17.1. The highest BCUT2D eigenvalue weighted by Crippen LogP contribution is 2.32. The van der Waals surface area contributed by atoms with Crippen molar-refractivity contribution in [3.8, 4) is 5.75 Å². The number of hydrogen-bond donors (Lipinski definition) is 2. The Kier molecular flexibility index (Phi) is 7.34. The van der Waals surface area contributed by atoms with Gasteiger partial charge in [0.2, 0.25) is 0 Å². The predicted molar refractivity (Wildman–Crippen MR) is 125 cm³/mol. The molecule has 0 spiro atoms. The number of rotatable bonds is 8. The van der Waals surface area contributed by atoms with Gasteiger partial charge in [-0.2, -0.15) is 0 Å². The first-order chi connectivity index (χ1) is 15.1. The Morgan fingerprint density at radius 3 is 2.41 bits per heavy atom. The third-order valence-electron chi connectivity index (χ3n) is 4.44. The Morgan fingerprint density at radius 2 is 1.84 bits per heavy atom. The number of nitrogens with one attached hydrogen (secondary N) is 1. The number of carbonyl (C=O) groups is 2. The van der Waals surface area contributed by atoms with E-state index in [2.05, 4.69) is 4.83 Å². The Labute approximate surface area is 195 Å². The SMILES string of the molecule is CCC(Oc1ccc(/C=C2/SC(=S)N(NS(=O)(=O)c3ccc(C)cc3)C2=O)cc1)C(=O)O. The van der Waals surface area contributed by atoms with Crippen molar-refractivity contribution in [3.05, 3.63) is 64.6 Å². The second-order valence-corrected chi connectivity index (χ2v) is 10.2. The molecule has 0 radical (unpaired) electrons. The molecule has 2 aromatic rings. The van der Waals surface area contributed by atoms with E-state index >= 15 is 0 Å². The molecule has 11 heteroatoms. The molecule has 8 nitrogen and oxygen atoms in total. The van der Waals surface area contributed by atoms with Crippen LogP contribution in [0.4, 0.5) is 0 Å². The van der Waals surface area contributed by atoms with E-state index in [1.165, 1.54) is 12.1 Å². The minimum Gasteiger partial charge on any atom is -0.479 e. The van der Waals surface area contributed by atoms with E-state index < -0.39 is 28.0 Å². The van der Waals surface area contributed by atoms with Crippen molar-refractivity contribution in [2.75, 3.05) is 0 Å². The van der Waals surface area contributed by atoms with Gasteiger partial charge >= 0.3 is 5.97 Å². The number of amides is 1. The van der Waals surface area contributed by atoms with Gasteiger partial charge in [-0.25, -0.2) is 18.2 Å². The molecule has 3 rings (SSSR count). The van der Waals surface area contributed by atoms with E-state index in [1.54, 1.807) is 49.4 Å². The van der Waals surface area contributed by atoms with Crippen LogP contribution < -0.4 is 9.57 Å². The van der Waals surface area contributed by atoms with Gasteiger partial charge in [0.05, 0.1) is 9.80 Å². The Balaban J connectivity index is 1.74. The van der Waals surface area contributed by atoms with Crippen LogP contribution in [0.5, 0.6) is 5.75 Å². The highest BCUT2D eigenvalue weighted by molar-refractivity contribution is 8.26. The van der Waals surface area contributed by atoms with Crippen molar-refractivity contribution in [2.45, 2.75) is 31.3 Å². The summed E-state index contributed by atoms with van der Waals surface area (Å²) in [5, 5.41) is 9.91. The van der Waals surface area contributed by atoms with E-state index in [1.807, 2.05) is 6.92 Å². The maximum absolute atomic E-state index is 12.7. The molecule has 1 aliphatic rings. The Bertz CT molecular complexity index is 1180. The maximum Gasteiger partial charge on any atom is 0.344 e. The molecule has 168 valence electrons. The summed E-state index contributed by atoms with van der Waals surface area (Å²) in [5.41, 5.74) is 1.55. The molecule has 0 aromatic heterocycles. The molecule has 0 aliphatic carbocycles. The lowest BCUT2D eigenvalue weighted by molar-refractivity contribution is -0.145. The number of carboxylic acids is 1. The van der Waals surface area contributed by atoms with Crippen LogP contribution in [0.2, 0.25) is 0 Å². The molecule has 1 fully saturated rings. The molecule has 1 amide bonds. The van der Waals surface area contributed by atoms with Gasteiger partial charge < -0.3 is 9.84 Å². The van der Waals surface area contributed by atoms with Crippen LogP contribution >= 0.6 is 24.0 Å². The highest BCUT2D eigenvalue weighted by atomic mass is 32.2. The molecule has 0 bridgehead atoms. The number of carbonyl (C=O) groups excluding carboxylic acids is 1. The van der Waals surface area contributed by atoms with Crippen LogP contribution in [0.25, 0.3) is 6.08 Å². The minimum absolute atomic E-state index is 0.0171. The number of benzene rings is 2. The lowest BCUT2D eigenvalue weighted by atomic mass is 10.2. The molecule has 1 unspecified atom stereocenters. The summed E-state index contributed by atoms with van der Waals surface area (Å²) < 4.78 is 30.7. The Hall–Kier alpha value is -2.73. The van der Waals surface area contributed by atoms with Crippen LogP contribution in [-0.2, 0) is 19.6 Å². The van der Waals surface area contributed by atoms with Crippen molar-refractivity contribution in [2.24, 2.45) is 0 Å². The van der Waals surface area contributed by atoms with Gasteiger partial charge in [-0.3, -0.25) is 4.79 Å². The van der Waals surface area contributed by atoms with Gasteiger partial charge in [-0.1, -0.05) is 60.7 Å². The Morgan fingerprint density at radius 1 is 1.22 bits per heavy atom. The van der Waals surface area contributed by atoms with Gasteiger partial charge in [0, 0.05) is 0 Å². The molecule has 2 aromatic carbocycles. The number of ether oxygens (including phenoxy) is 1. The number of hydrogen-bond acceptors (Lipinski definition) is 7. The lowest BCUT2D eigenvalue weighted by Crippen LogP contribution is -2.44. The zero-order valence-corrected chi connectivity index (χ0v) is 19.6. The van der Waals surface area contributed by atoms with Crippen LogP contribution in [0.15, 0.2) is 58.3 Å². The van der Waals surface area contributed by atoms with E-state index in [-0.39, 0.29) is 14.1 Å². The second kappa shape index (κ2) is 9.82. The number of thioether (sulfide) groups is 1. The number of aryl methyl sites for hydroxylation is 1. The lowest BCUT2D eigenvalue weighted by Gasteiger charge is -2.16. The fourth-order valence-corrected chi connectivity index (χ4v) is 5.01. The van der Waals surface area contributed by atoms with Gasteiger partial charge in [-0.15, -0.1) is 4.83 Å². The summed E-state index contributed by atoms with van der Waals surface area (Å²) in [6, 6.07) is 12.7. The molecular formula is C21H20N2O6S3. The fraction of sp³-hybridized carbons (Fsp3) is 0.190. The van der Waals surface area contributed by atoms with Crippen molar-refractivity contribution in [1.82, 2.24) is 9.84 Å². The molecule has 1 saturated heterocycles. The van der Waals surface area contributed by atoms with Gasteiger partial charge in [0.1, 0.15) is 5.75 Å². The summed E-state index contributed by atoms with van der Waals surface area (Å²) in [6.45, 7) is 3.55. The van der Waals surface area contributed by atoms with E-state index in [0.717, 1.165) is 22.3 Å². The van der Waals surface area contributed by atoms with Crippen molar-refractivity contribution >= 4 is 56.3 Å². The van der Waals surface area contributed by atoms with Crippen LogP contribution in [-0.4, -0.2) is 40.8 Å². The molecule has 1 heterocycles. The third-order valence-corrected chi connectivity index (χ3v) is 7.06. The van der Waals surface area contributed by atoms with Crippen LogP contribution in [0, 0.1) is 6.92 Å². The number of hydrazine groups is 1. The number of sulfonamides is 1. The highest BCUT2D eigenvalue weighted by Gasteiger charge is 2.35. The maximum atomic E-state index is 12.7. The monoisotopic (exact) mass is 492 g/mol. The van der Waals surface area contributed by atoms with Crippen molar-refractivity contribution in [1.29, 1.82) is 0 Å². The van der Waals surface area contributed by atoms with Crippen molar-refractivity contribution in [3.63, 3.8) is 0 Å². The first-order valence-electron chi connectivity index (χ1n) is 9.47. The summed E-state index contributed by atoms with van der Waals surface area (Å²) in [5.74, 6) is -1.25. The first kappa shape index (κ1) is 23.9. The number of thiocarbonyl (C=S) groups is 1. The summed E-state index contributed by atoms with van der Waals surface area (Å²) in [6.07, 6.45) is 0.939. The standard InChI is InChI=1S/C21H20N2O6S3/c1-3-17(20(25)26)29-15-8-6-14(7-9-15)12-18-19(24)23(21(30)31-18)22-32(27,28)16-10-4-13(2)5-11-16/h4-12,17,22H,3H2,1-2H3,(H,25,26)/b18-12+. The van der Waals surface area contributed by atoms with E-state index in [9.17, 15) is 18.0 Å². The second-order valence-electron chi connectivity index (χ2n) is 6.85. The first-order valence-corrected chi connectivity index (χ1v) is 12.2. The quantitative estimate of drug-likeness (QED) is 0.426. The zero-order chi connectivity index (χ0) is 23.5. The number of aliphatic carboxylic acids is 1. The average molecular weight is 493 g/mol. The molecule has 32 heavy (non-hydrogen) atoms. The van der Waals surface area contributed by atoms with Crippen LogP contribution in [0.3, 0.4) is 0 Å².